The molecule has 3 aromatic carbocycles. The van der Waals surface area contributed by atoms with Gasteiger partial charge in [0, 0.05) is 28.5 Å². The van der Waals surface area contributed by atoms with E-state index in [2.05, 4.69) is 89.7 Å². The molecule has 0 saturated carbocycles. The minimum Gasteiger partial charge on any atom is -0.339 e. The average molecular weight is 406 g/mol. The summed E-state index contributed by atoms with van der Waals surface area (Å²) in [6.45, 7) is 2.20. The normalized spacial score (nSPS) is 12.5. The number of nitrogens with two attached hydrogens (primary N) is 1. The standard InChI is InChI=1S/C28H27N3/c1-2-3-9-26(29)23-17-25-24-16-22(14-15-27(24)31-28(25)30-18-23)21-12-10-20(11-13-21)19-7-5-4-6-8-19/h4-8,10-18,26H,2-3,9,29H2,1H3,(H,30,31). The highest BCUT2D eigenvalue weighted by molar-refractivity contribution is 6.07. The zero-order valence-corrected chi connectivity index (χ0v) is 17.8. The van der Waals surface area contributed by atoms with Crippen molar-refractivity contribution in [2.75, 3.05) is 0 Å². The van der Waals surface area contributed by atoms with Gasteiger partial charge in [-0.15, -0.1) is 0 Å². The van der Waals surface area contributed by atoms with E-state index in [0.29, 0.717) is 0 Å². The molecule has 3 N–H and O–H groups in total. The van der Waals surface area contributed by atoms with Crippen LogP contribution in [0.15, 0.2) is 85.1 Å². The number of pyridine rings is 1. The van der Waals surface area contributed by atoms with Crippen molar-refractivity contribution in [2.24, 2.45) is 5.73 Å². The number of rotatable bonds is 6. The zero-order chi connectivity index (χ0) is 21.2. The smallest absolute Gasteiger partial charge is 0.138 e. The van der Waals surface area contributed by atoms with E-state index >= 15 is 0 Å². The van der Waals surface area contributed by atoms with Crippen molar-refractivity contribution >= 4 is 21.9 Å². The lowest BCUT2D eigenvalue weighted by atomic mass is 9.98. The van der Waals surface area contributed by atoms with Gasteiger partial charge in [-0.3, -0.25) is 0 Å². The van der Waals surface area contributed by atoms with Crippen molar-refractivity contribution in [3.63, 3.8) is 0 Å². The number of aromatic amines is 1. The first kappa shape index (κ1) is 19.5. The van der Waals surface area contributed by atoms with Crippen LogP contribution in [0, 0.1) is 0 Å². The van der Waals surface area contributed by atoms with Gasteiger partial charge >= 0.3 is 0 Å². The van der Waals surface area contributed by atoms with Gasteiger partial charge in [0.1, 0.15) is 5.65 Å². The van der Waals surface area contributed by atoms with E-state index in [-0.39, 0.29) is 6.04 Å². The van der Waals surface area contributed by atoms with E-state index in [1.54, 1.807) is 0 Å². The molecule has 2 heterocycles. The van der Waals surface area contributed by atoms with Crippen molar-refractivity contribution in [2.45, 2.75) is 32.2 Å². The van der Waals surface area contributed by atoms with Gasteiger partial charge < -0.3 is 10.7 Å². The topological polar surface area (TPSA) is 54.7 Å². The Balaban J connectivity index is 1.52. The van der Waals surface area contributed by atoms with E-state index in [1.165, 1.54) is 27.6 Å². The quantitative estimate of drug-likeness (QED) is 0.313. The van der Waals surface area contributed by atoms with Crippen LogP contribution in [0.1, 0.15) is 37.8 Å². The molecule has 1 atom stereocenters. The van der Waals surface area contributed by atoms with Crippen LogP contribution in [0.3, 0.4) is 0 Å². The number of nitrogens with zero attached hydrogens (tertiary/aromatic N) is 1. The molecule has 0 aliphatic heterocycles. The maximum Gasteiger partial charge on any atom is 0.138 e. The first-order valence-electron chi connectivity index (χ1n) is 11.1. The number of hydrogen-bond donors (Lipinski definition) is 2. The minimum absolute atomic E-state index is 0.0375. The van der Waals surface area contributed by atoms with Gasteiger partial charge in [-0.1, -0.05) is 80.4 Å². The van der Waals surface area contributed by atoms with Crippen LogP contribution in [-0.4, -0.2) is 9.97 Å². The van der Waals surface area contributed by atoms with Crippen LogP contribution in [-0.2, 0) is 0 Å². The van der Waals surface area contributed by atoms with E-state index < -0.39 is 0 Å². The molecule has 2 aromatic heterocycles. The van der Waals surface area contributed by atoms with Gasteiger partial charge in [-0.2, -0.15) is 0 Å². The molecule has 0 amide bonds. The summed E-state index contributed by atoms with van der Waals surface area (Å²) in [7, 11) is 0. The number of hydrogen-bond acceptors (Lipinski definition) is 2. The molecule has 5 rings (SSSR count). The average Bonchev–Trinajstić information content (AvgIpc) is 3.20. The van der Waals surface area contributed by atoms with Crippen molar-refractivity contribution in [3.05, 3.63) is 90.6 Å². The van der Waals surface area contributed by atoms with E-state index in [1.807, 2.05) is 12.3 Å². The molecule has 0 bridgehead atoms. The van der Waals surface area contributed by atoms with Crippen LogP contribution in [0.25, 0.3) is 44.2 Å². The van der Waals surface area contributed by atoms with Crippen LogP contribution in [0.2, 0.25) is 0 Å². The summed E-state index contributed by atoms with van der Waals surface area (Å²) in [4.78, 5) is 8.10. The Labute approximate surface area is 183 Å². The van der Waals surface area contributed by atoms with Crippen LogP contribution >= 0.6 is 0 Å². The molecule has 0 aliphatic carbocycles. The Hall–Kier alpha value is -3.43. The Morgan fingerprint density at radius 2 is 1.48 bits per heavy atom. The predicted octanol–water partition coefficient (Wildman–Crippen LogP) is 7.24. The van der Waals surface area contributed by atoms with Gasteiger partial charge in [-0.25, -0.2) is 4.98 Å². The maximum absolute atomic E-state index is 6.42. The van der Waals surface area contributed by atoms with E-state index in [9.17, 15) is 0 Å². The molecule has 0 radical (unpaired) electrons. The number of benzene rings is 3. The van der Waals surface area contributed by atoms with E-state index in [0.717, 1.165) is 41.4 Å². The second kappa shape index (κ2) is 8.37. The Morgan fingerprint density at radius 1 is 0.806 bits per heavy atom. The number of aromatic nitrogens is 2. The Kier molecular flexibility index (Phi) is 5.27. The number of unbranched alkanes of at least 4 members (excludes halogenated alkanes) is 1. The van der Waals surface area contributed by atoms with Gasteiger partial charge in [0.15, 0.2) is 0 Å². The fourth-order valence-electron chi connectivity index (χ4n) is 4.25. The summed E-state index contributed by atoms with van der Waals surface area (Å²) in [6, 6.07) is 28.1. The zero-order valence-electron chi connectivity index (χ0n) is 17.8. The van der Waals surface area contributed by atoms with Crippen LogP contribution in [0.4, 0.5) is 0 Å². The fraction of sp³-hybridized carbons (Fsp3) is 0.179. The lowest BCUT2D eigenvalue weighted by Crippen LogP contribution is -2.10. The molecule has 0 saturated heterocycles. The van der Waals surface area contributed by atoms with E-state index in [4.69, 9.17) is 5.73 Å². The molecule has 1 unspecified atom stereocenters. The van der Waals surface area contributed by atoms with Gasteiger partial charge in [0.25, 0.3) is 0 Å². The summed E-state index contributed by atoms with van der Waals surface area (Å²) in [5, 5.41) is 2.33. The molecule has 3 heteroatoms. The SMILES string of the molecule is CCCCC(N)c1cnc2[nH]c3ccc(-c4ccc(-c5ccccc5)cc4)cc3c2c1. The second-order valence-corrected chi connectivity index (χ2v) is 8.24. The van der Waals surface area contributed by atoms with Gasteiger partial charge in [0.2, 0.25) is 0 Å². The highest BCUT2D eigenvalue weighted by Crippen LogP contribution is 2.32. The first-order chi connectivity index (χ1) is 15.2. The molecule has 5 aromatic rings. The first-order valence-corrected chi connectivity index (χ1v) is 11.1. The van der Waals surface area contributed by atoms with Crippen LogP contribution < -0.4 is 5.73 Å². The predicted molar refractivity (Wildman–Crippen MR) is 131 cm³/mol. The molecule has 0 aliphatic rings. The Morgan fingerprint density at radius 3 is 2.23 bits per heavy atom. The van der Waals surface area contributed by atoms with Crippen molar-refractivity contribution < 1.29 is 0 Å². The fourth-order valence-corrected chi connectivity index (χ4v) is 4.25. The van der Waals surface area contributed by atoms with Gasteiger partial charge in [-0.05, 0) is 52.4 Å². The lowest BCUT2D eigenvalue weighted by molar-refractivity contribution is 0.602. The third kappa shape index (κ3) is 3.85. The third-order valence-electron chi connectivity index (χ3n) is 6.09. The number of H-pyrrole nitrogens is 1. The summed E-state index contributed by atoms with van der Waals surface area (Å²) in [5.74, 6) is 0. The summed E-state index contributed by atoms with van der Waals surface area (Å²) in [5.41, 5.74) is 14.4. The molecule has 0 fully saturated rings. The molecule has 154 valence electrons. The molecule has 31 heavy (non-hydrogen) atoms. The summed E-state index contributed by atoms with van der Waals surface area (Å²) >= 11 is 0. The molecule has 0 spiro atoms. The van der Waals surface area contributed by atoms with Crippen molar-refractivity contribution in [3.8, 4) is 22.3 Å². The summed E-state index contributed by atoms with van der Waals surface area (Å²) < 4.78 is 0. The lowest BCUT2D eigenvalue weighted by Gasteiger charge is -2.11. The minimum atomic E-state index is 0.0375. The Bertz CT molecular complexity index is 1320. The number of fused-ring (bicyclic) bond motifs is 3. The third-order valence-corrected chi connectivity index (χ3v) is 6.09. The number of nitrogens with one attached hydrogen (secondary N) is 1. The highest BCUT2D eigenvalue weighted by Gasteiger charge is 2.12. The molecular formula is C28H27N3. The van der Waals surface area contributed by atoms with Crippen molar-refractivity contribution in [1.82, 2.24) is 9.97 Å². The summed E-state index contributed by atoms with van der Waals surface area (Å²) in [6.07, 6.45) is 5.20. The maximum atomic E-state index is 6.42. The molecule has 3 nitrogen and oxygen atoms in total. The van der Waals surface area contributed by atoms with Gasteiger partial charge in [0.05, 0.1) is 0 Å². The molecular weight excluding hydrogens is 378 g/mol. The van der Waals surface area contributed by atoms with Crippen LogP contribution in [0.5, 0.6) is 0 Å². The van der Waals surface area contributed by atoms with Crippen molar-refractivity contribution in [1.29, 1.82) is 0 Å². The monoisotopic (exact) mass is 405 g/mol. The highest BCUT2D eigenvalue weighted by atomic mass is 14.9. The largest absolute Gasteiger partial charge is 0.339 e. The second-order valence-electron chi connectivity index (χ2n) is 8.24.